The topological polar surface area (TPSA) is 39.8 Å². The van der Waals surface area contributed by atoms with Gasteiger partial charge >= 0.3 is 11.9 Å². The predicted molar refractivity (Wildman–Crippen MR) is 121 cm³/mol. The SMILES string of the molecule is O=c1n(-c2ccc(C(F)(F)F)cc2)nc(CCCc2ccc(Br)cc2)n1C1CCCCC1. The maximum absolute atomic E-state index is 13.3. The van der Waals surface area contributed by atoms with Crippen molar-refractivity contribution in [2.45, 2.75) is 63.6 Å². The Morgan fingerprint density at radius 3 is 2.22 bits per heavy atom. The molecule has 1 saturated carbocycles. The van der Waals surface area contributed by atoms with Gasteiger partial charge in [0.25, 0.3) is 0 Å². The van der Waals surface area contributed by atoms with Crippen LogP contribution in [0, 0.1) is 0 Å². The third-order valence-electron chi connectivity index (χ3n) is 6.04. The van der Waals surface area contributed by atoms with Gasteiger partial charge in [0.1, 0.15) is 5.82 Å². The Bertz CT molecular complexity index is 1100. The number of nitrogens with zero attached hydrogens (tertiary/aromatic N) is 3. The van der Waals surface area contributed by atoms with E-state index in [1.165, 1.54) is 22.4 Å². The van der Waals surface area contributed by atoms with E-state index in [0.29, 0.717) is 17.9 Å². The fourth-order valence-electron chi connectivity index (χ4n) is 4.36. The fourth-order valence-corrected chi connectivity index (χ4v) is 4.62. The molecule has 8 heteroatoms. The molecule has 0 atom stereocenters. The second kappa shape index (κ2) is 9.65. The van der Waals surface area contributed by atoms with E-state index in [1.54, 1.807) is 4.57 Å². The molecule has 1 aliphatic carbocycles. The van der Waals surface area contributed by atoms with Crippen molar-refractivity contribution in [1.82, 2.24) is 14.3 Å². The normalized spacial score (nSPS) is 15.2. The van der Waals surface area contributed by atoms with E-state index in [-0.39, 0.29) is 11.7 Å². The molecule has 0 amide bonds. The zero-order valence-electron chi connectivity index (χ0n) is 17.6. The van der Waals surface area contributed by atoms with Crippen LogP contribution in [-0.2, 0) is 19.0 Å². The Morgan fingerprint density at radius 1 is 0.938 bits per heavy atom. The van der Waals surface area contributed by atoms with E-state index in [9.17, 15) is 18.0 Å². The van der Waals surface area contributed by atoms with Gasteiger partial charge < -0.3 is 0 Å². The second-order valence-electron chi connectivity index (χ2n) is 8.30. The van der Waals surface area contributed by atoms with E-state index in [1.807, 2.05) is 12.1 Å². The first kappa shape index (κ1) is 22.8. The molecule has 0 saturated heterocycles. The summed E-state index contributed by atoms with van der Waals surface area (Å²) in [4.78, 5) is 13.3. The molecule has 0 N–H and O–H groups in total. The molecule has 4 nitrogen and oxygen atoms in total. The lowest BCUT2D eigenvalue weighted by atomic mass is 9.95. The van der Waals surface area contributed by atoms with E-state index in [0.717, 1.165) is 61.6 Å². The van der Waals surface area contributed by atoms with Crippen molar-refractivity contribution in [3.63, 3.8) is 0 Å². The summed E-state index contributed by atoms with van der Waals surface area (Å²) in [5, 5.41) is 4.57. The average Bonchev–Trinajstić information content (AvgIpc) is 3.11. The maximum atomic E-state index is 13.3. The van der Waals surface area contributed by atoms with Crippen molar-refractivity contribution in [3.8, 4) is 5.69 Å². The van der Waals surface area contributed by atoms with Crippen LogP contribution in [0.25, 0.3) is 5.69 Å². The highest BCUT2D eigenvalue weighted by Gasteiger charge is 2.30. The maximum Gasteiger partial charge on any atom is 0.416 e. The molecule has 1 fully saturated rings. The van der Waals surface area contributed by atoms with Gasteiger partial charge in [-0.2, -0.15) is 17.9 Å². The summed E-state index contributed by atoms with van der Waals surface area (Å²) in [6.45, 7) is 0. The first-order chi connectivity index (χ1) is 15.3. The minimum absolute atomic E-state index is 0.0992. The summed E-state index contributed by atoms with van der Waals surface area (Å²) in [5.41, 5.74) is 0.555. The van der Waals surface area contributed by atoms with Gasteiger partial charge in [-0.15, -0.1) is 5.10 Å². The van der Waals surface area contributed by atoms with Crippen LogP contribution >= 0.6 is 15.9 Å². The van der Waals surface area contributed by atoms with Gasteiger partial charge in [0.15, 0.2) is 0 Å². The third-order valence-corrected chi connectivity index (χ3v) is 6.57. The number of hydrogen-bond acceptors (Lipinski definition) is 2. The van der Waals surface area contributed by atoms with Gasteiger partial charge in [-0.3, -0.25) is 4.57 Å². The monoisotopic (exact) mass is 507 g/mol. The van der Waals surface area contributed by atoms with Crippen LogP contribution in [0.3, 0.4) is 0 Å². The highest BCUT2D eigenvalue weighted by atomic mass is 79.9. The van der Waals surface area contributed by atoms with Gasteiger partial charge in [0.05, 0.1) is 11.3 Å². The van der Waals surface area contributed by atoms with Gasteiger partial charge in [0.2, 0.25) is 0 Å². The van der Waals surface area contributed by atoms with Crippen molar-refractivity contribution < 1.29 is 13.2 Å². The van der Waals surface area contributed by atoms with Gasteiger partial charge in [-0.05, 0) is 67.6 Å². The zero-order chi connectivity index (χ0) is 22.7. The summed E-state index contributed by atoms with van der Waals surface area (Å²) in [6.07, 6.45) is 3.07. The number of hydrogen-bond donors (Lipinski definition) is 0. The number of benzene rings is 2. The molecule has 170 valence electrons. The molecule has 1 aliphatic rings. The van der Waals surface area contributed by atoms with Crippen LogP contribution in [0.5, 0.6) is 0 Å². The zero-order valence-corrected chi connectivity index (χ0v) is 19.2. The first-order valence-electron chi connectivity index (χ1n) is 11.0. The van der Waals surface area contributed by atoms with Crippen molar-refractivity contribution in [1.29, 1.82) is 0 Å². The van der Waals surface area contributed by atoms with E-state index in [2.05, 4.69) is 33.2 Å². The quantitative estimate of drug-likeness (QED) is 0.382. The summed E-state index contributed by atoms with van der Waals surface area (Å²) in [6, 6.07) is 12.9. The first-order valence-corrected chi connectivity index (χ1v) is 11.7. The molecule has 0 spiro atoms. The number of alkyl halides is 3. The molecule has 0 bridgehead atoms. The largest absolute Gasteiger partial charge is 0.416 e. The van der Waals surface area contributed by atoms with Crippen molar-refractivity contribution in [2.75, 3.05) is 0 Å². The molecule has 1 aromatic heterocycles. The lowest BCUT2D eigenvalue weighted by molar-refractivity contribution is -0.137. The lowest BCUT2D eigenvalue weighted by Gasteiger charge is -2.23. The number of aryl methyl sites for hydroxylation is 2. The molecule has 0 aliphatic heterocycles. The summed E-state index contributed by atoms with van der Waals surface area (Å²) >= 11 is 3.44. The van der Waals surface area contributed by atoms with Crippen LogP contribution in [-0.4, -0.2) is 14.3 Å². The average molecular weight is 508 g/mol. The molecular weight excluding hydrogens is 483 g/mol. The summed E-state index contributed by atoms with van der Waals surface area (Å²) < 4.78 is 42.8. The van der Waals surface area contributed by atoms with Crippen LogP contribution in [0.4, 0.5) is 13.2 Å². The smallest absolute Gasteiger partial charge is 0.275 e. The fraction of sp³-hybridized carbons (Fsp3) is 0.417. The van der Waals surface area contributed by atoms with E-state index < -0.39 is 11.7 Å². The third kappa shape index (κ3) is 5.17. The summed E-state index contributed by atoms with van der Waals surface area (Å²) in [5.74, 6) is 0.707. The van der Waals surface area contributed by atoms with Crippen molar-refractivity contribution >= 4 is 15.9 Å². The molecule has 1 heterocycles. The molecule has 0 unspecified atom stereocenters. The highest BCUT2D eigenvalue weighted by Crippen LogP contribution is 2.30. The Labute approximate surface area is 193 Å². The number of halogens is 4. The number of aromatic nitrogens is 3. The molecule has 32 heavy (non-hydrogen) atoms. The van der Waals surface area contributed by atoms with Crippen molar-refractivity contribution in [3.05, 3.63) is 80.4 Å². The van der Waals surface area contributed by atoms with Gasteiger partial charge in [0, 0.05) is 16.9 Å². The Kier molecular flexibility index (Phi) is 6.88. The summed E-state index contributed by atoms with van der Waals surface area (Å²) in [7, 11) is 0. The molecule has 3 aromatic rings. The van der Waals surface area contributed by atoms with Crippen LogP contribution in [0.2, 0.25) is 0 Å². The van der Waals surface area contributed by atoms with Crippen LogP contribution in [0.1, 0.15) is 61.5 Å². The number of rotatable bonds is 6. The lowest BCUT2D eigenvalue weighted by Crippen LogP contribution is -2.29. The minimum atomic E-state index is -4.41. The minimum Gasteiger partial charge on any atom is -0.275 e. The highest BCUT2D eigenvalue weighted by molar-refractivity contribution is 9.10. The Balaban J connectivity index is 1.60. The Morgan fingerprint density at radius 2 is 1.59 bits per heavy atom. The molecule has 2 aromatic carbocycles. The van der Waals surface area contributed by atoms with Gasteiger partial charge in [-0.25, -0.2) is 4.79 Å². The standard InChI is InChI=1S/C24H25BrF3N3O/c25-19-13-9-17(10-14-19)5-4-8-22-29-31(21-15-11-18(12-16-21)24(26,27)28)23(32)30(22)20-6-2-1-3-7-20/h9-16,20H,1-8H2. The molecule has 4 rings (SSSR count). The Hall–Kier alpha value is -2.35. The molecule has 0 radical (unpaired) electrons. The van der Waals surface area contributed by atoms with E-state index in [4.69, 9.17) is 0 Å². The van der Waals surface area contributed by atoms with Crippen LogP contribution < -0.4 is 5.69 Å². The predicted octanol–water partition coefficient (Wildman–Crippen LogP) is 6.50. The van der Waals surface area contributed by atoms with Crippen LogP contribution in [0.15, 0.2) is 57.8 Å². The molecular formula is C24H25BrF3N3O. The van der Waals surface area contributed by atoms with Gasteiger partial charge in [-0.1, -0.05) is 47.3 Å². The van der Waals surface area contributed by atoms with Crippen molar-refractivity contribution in [2.24, 2.45) is 0 Å². The second-order valence-corrected chi connectivity index (χ2v) is 9.21. The van der Waals surface area contributed by atoms with E-state index >= 15 is 0 Å².